The van der Waals surface area contributed by atoms with Crippen molar-refractivity contribution < 1.29 is 18.7 Å². The van der Waals surface area contributed by atoms with Gasteiger partial charge in [-0.3, -0.25) is 20.4 Å². The van der Waals surface area contributed by atoms with Gasteiger partial charge in [0, 0.05) is 5.56 Å². The molecule has 2 amide bonds. The van der Waals surface area contributed by atoms with E-state index in [-0.39, 0.29) is 5.75 Å². The van der Waals surface area contributed by atoms with Crippen LogP contribution >= 0.6 is 0 Å². The molecule has 0 fully saturated rings. The summed E-state index contributed by atoms with van der Waals surface area (Å²) in [6, 6.07) is 11.0. The average molecular weight is 330 g/mol. The van der Waals surface area contributed by atoms with Crippen molar-refractivity contribution in [2.75, 3.05) is 0 Å². The Morgan fingerprint density at radius 2 is 1.75 bits per heavy atom. The van der Waals surface area contributed by atoms with Crippen LogP contribution in [0.3, 0.4) is 0 Å². The quantitative estimate of drug-likeness (QED) is 0.847. The summed E-state index contributed by atoms with van der Waals surface area (Å²) in [6.45, 7) is 5.31. The van der Waals surface area contributed by atoms with E-state index in [0.29, 0.717) is 5.56 Å². The number of carbonyl (C=O) groups is 2. The number of hydrazine groups is 1. The molecule has 0 aliphatic heterocycles. The number of benzene rings is 2. The number of aryl methyl sites for hydroxylation is 2. The Labute approximate surface area is 139 Å². The number of para-hydroxylation sites is 1. The lowest BCUT2D eigenvalue weighted by Gasteiger charge is -2.15. The average Bonchev–Trinajstić information content (AvgIpc) is 2.56. The van der Waals surface area contributed by atoms with Crippen LogP contribution < -0.4 is 15.6 Å². The maximum absolute atomic E-state index is 13.5. The molecular formula is C18H19FN2O3. The molecule has 2 N–H and O–H groups in total. The molecule has 0 saturated carbocycles. The summed E-state index contributed by atoms with van der Waals surface area (Å²) in [5, 5.41) is 0. The summed E-state index contributed by atoms with van der Waals surface area (Å²) in [6.07, 6.45) is -0.970. The highest BCUT2D eigenvalue weighted by molar-refractivity contribution is 5.96. The summed E-state index contributed by atoms with van der Waals surface area (Å²) in [5.41, 5.74) is 7.06. The molecule has 24 heavy (non-hydrogen) atoms. The fourth-order valence-electron chi connectivity index (χ4n) is 1.96. The van der Waals surface area contributed by atoms with Gasteiger partial charge >= 0.3 is 0 Å². The second-order valence-electron chi connectivity index (χ2n) is 5.43. The predicted octanol–water partition coefficient (Wildman–Crippen LogP) is 2.67. The zero-order valence-corrected chi connectivity index (χ0v) is 13.7. The van der Waals surface area contributed by atoms with Crippen molar-refractivity contribution in [2.24, 2.45) is 0 Å². The molecule has 2 rings (SSSR count). The minimum absolute atomic E-state index is 0.0272. The number of hydrogen-bond donors (Lipinski definition) is 2. The van der Waals surface area contributed by atoms with E-state index < -0.39 is 23.7 Å². The van der Waals surface area contributed by atoms with Crippen LogP contribution in [0.25, 0.3) is 0 Å². The van der Waals surface area contributed by atoms with Gasteiger partial charge in [0.25, 0.3) is 11.8 Å². The number of halogens is 1. The van der Waals surface area contributed by atoms with Crippen LogP contribution in [0.2, 0.25) is 0 Å². The Bertz CT molecular complexity index is 762. The number of amides is 2. The van der Waals surface area contributed by atoms with Gasteiger partial charge in [-0.05, 0) is 56.2 Å². The molecule has 0 bridgehead atoms. The Morgan fingerprint density at radius 3 is 2.42 bits per heavy atom. The van der Waals surface area contributed by atoms with Crippen LogP contribution in [-0.2, 0) is 4.79 Å². The van der Waals surface area contributed by atoms with Crippen molar-refractivity contribution in [2.45, 2.75) is 26.9 Å². The molecule has 0 spiro atoms. The molecule has 0 radical (unpaired) electrons. The highest BCUT2D eigenvalue weighted by atomic mass is 19.1. The molecule has 0 heterocycles. The lowest BCUT2D eigenvalue weighted by atomic mass is 10.1. The van der Waals surface area contributed by atoms with E-state index >= 15 is 0 Å². The van der Waals surface area contributed by atoms with Gasteiger partial charge in [0.15, 0.2) is 17.7 Å². The van der Waals surface area contributed by atoms with Crippen LogP contribution in [0, 0.1) is 19.7 Å². The summed E-state index contributed by atoms with van der Waals surface area (Å²) in [7, 11) is 0. The standard InChI is InChI=1S/C18H19FN2O3/c1-11-8-9-14(10-12(11)2)18(23)21-20-17(22)13(3)24-16-7-5-4-6-15(16)19/h4-10,13H,1-3H3,(H,20,22)(H,21,23). The molecular weight excluding hydrogens is 311 g/mol. The van der Waals surface area contributed by atoms with Crippen molar-refractivity contribution in [1.82, 2.24) is 10.9 Å². The molecule has 126 valence electrons. The van der Waals surface area contributed by atoms with Gasteiger partial charge in [-0.1, -0.05) is 18.2 Å². The molecule has 1 unspecified atom stereocenters. The first-order valence-electron chi connectivity index (χ1n) is 7.47. The number of ether oxygens (including phenoxy) is 1. The van der Waals surface area contributed by atoms with Crippen LogP contribution in [0.15, 0.2) is 42.5 Å². The zero-order valence-electron chi connectivity index (χ0n) is 13.7. The first kappa shape index (κ1) is 17.5. The normalized spacial score (nSPS) is 11.5. The predicted molar refractivity (Wildman–Crippen MR) is 88.0 cm³/mol. The van der Waals surface area contributed by atoms with Gasteiger partial charge in [-0.25, -0.2) is 4.39 Å². The third-order valence-corrected chi connectivity index (χ3v) is 3.58. The van der Waals surface area contributed by atoms with Crippen molar-refractivity contribution in [1.29, 1.82) is 0 Å². The molecule has 2 aromatic rings. The van der Waals surface area contributed by atoms with Crippen LogP contribution in [-0.4, -0.2) is 17.9 Å². The molecule has 6 heteroatoms. The van der Waals surface area contributed by atoms with Crippen molar-refractivity contribution in [3.05, 3.63) is 65.0 Å². The second kappa shape index (κ2) is 7.59. The van der Waals surface area contributed by atoms with Crippen LogP contribution in [0.5, 0.6) is 5.75 Å². The third kappa shape index (κ3) is 4.32. The molecule has 5 nitrogen and oxygen atoms in total. The molecule has 0 aromatic heterocycles. The topological polar surface area (TPSA) is 67.4 Å². The van der Waals surface area contributed by atoms with Gasteiger partial charge in [0.1, 0.15) is 0 Å². The number of nitrogens with one attached hydrogen (secondary N) is 2. The van der Waals surface area contributed by atoms with Gasteiger partial charge in [0.05, 0.1) is 0 Å². The molecule has 2 aromatic carbocycles. The van der Waals surface area contributed by atoms with Crippen molar-refractivity contribution >= 4 is 11.8 Å². The van der Waals surface area contributed by atoms with Gasteiger partial charge < -0.3 is 4.74 Å². The summed E-state index contributed by atoms with van der Waals surface area (Å²) >= 11 is 0. The van der Waals surface area contributed by atoms with Crippen LogP contribution in [0.1, 0.15) is 28.4 Å². The third-order valence-electron chi connectivity index (χ3n) is 3.58. The SMILES string of the molecule is Cc1ccc(C(=O)NNC(=O)C(C)Oc2ccccc2F)cc1C. The van der Waals surface area contributed by atoms with E-state index in [9.17, 15) is 14.0 Å². The number of carbonyl (C=O) groups excluding carboxylic acids is 2. The van der Waals surface area contributed by atoms with Crippen LogP contribution in [0.4, 0.5) is 4.39 Å². The van der Waals surface area contributed by atoms with E-state index in [1.54, 1.807) is 18.2 Å². The lowest BCUT2D eigenvalue weighted by molar-refractivity contribution is -0.128. The summed E-state index contributed by atoms with van der Waals surface area (Å²) in [5.74, 6) is -1.61. The Kier molecular flexibility index (Phi) is 5.52. The van der Waals surface area contributed by atoms with Crippen molar-refractivity contribution in [3.8, 4) is 5.75 Å². The monoisotopic (exact) mass is 330 g/mol. The molecule has 1 atom stereocenters. The summed E-state index contributed by atoms with van der Waals surface area (Å²) < 4.78 is 18.7. The van der Waals surface area contributed by atoms with E-state index in [0.717, 1.165) is 11.1 Å². The summed E-state index contributed by atoms with van der Waals surface area (Å²) in [4.78, 5) is 24.0. The van der Waals surface area contributed by atoms with E-state index in [1.165, 1.54) is 25.1 Å². The van der Waals surface area contributed by atoms with Gasteiger partial charge in [0.2, 0.25) is 0 Å². The largest absolute Gasteiger partial charge is 0.478 e. The Hall–Kier alpha value is -2.89. The van der Waals surface area contributed by atoms with Gasteiger partial charge in [-0.15, -0.1) is 0 Å². The Balaban J connectivity index is 1.91. The maximum atomic E-state index is 13.5. The molecule has 0 saturated heterocycles. The first-order chi connectivity index (χ1) is 11.4. The smallest absolute Gasteiger partial charge is 0.279 e. The van der Waals surface area contributed by atoms with Crippen molar-refractivity contribution in [3.63, 3.8) is 0 Å². The molecule has 0 aliphatic rings. The highest BCUT2D eigenvalue weighted by Gasteiger charge is 2.17. The second-order valence-corrected chi connectivity index (χ2v) is 5.43. The number of rotatable bonds is 4. The lowest BCUT2D eigenvalue weighted by Crippen LogP contribution is -2.47. The van der Waals surface area contributed by atoms with E-state index in [1.807, 2.05) is 19.9 Å². The number of hydrogen-bond acceptors (Lipinski definition) is 3. The zero-order chi connectivity index (χ0) is 17.7. The minimum atomic E-state index is -0.970. The Morgan fingerprint density at radius 1 is 1.04 bits per heavy atom. The van der Waals surface area contributed by atoms with E-state index in [2.05, 4.69) is 10.9 Å². The van der Waals surface area contributed by atoms with Gasteiger partial charge in [-0.2, -0.15) is 0 Å². The first-order valence-corrected chi connectivity index (χ1v) is 7.47. The minimum Gasteiger partial charge on any atom is -0.478 e. The maximum Gasteiger partial charge on any atom is 0.279 e. The molecule has 0 aliphatic carbocycles. The highest BCUT2D eigenvalue weighted by Crippen LogP contribution is 2.16. The van der Waals surface area contributed by atoms with E-state index in [4.69, 9.17) is 4.74 Å². The fraction of sp³-hybridized carbons (Fsp3) is 0.222. The fourth-order valence-corrected chi connectivity index (χ4v) is 1.96.